The highest BCUT2D eigenvalue weighted by Gasteiger charge is 2.15. The van der Waals surface area contributed by atoms with E-state index in [1.807, 2.05) is 42.8 Å². The lowest BCUT2D eigenvalue weighted by molar-refractivity contribution is -0.131. The van der Waals surface area contributed by atoms with Crippen LogP contribution in [-0.2, 0) is 11.2 Å². The minimum Gasteiger partial charge on any atom is -0.469 e. The Hall–Kier alpha value is -1.98. The van der Waals surface area contributed by atoms with Crippen LogP contribution in [0.3, 0.4) is 0 Å². The van der Waals surface area contributed by atoms with Crippen LogP contribution in [0, 0.1) is 5.92 Å². The minimum atomic E-state index is 0.118. The van der Waals surface area contributed by atoms with E-state index in [0.717, 1.165) is 37.8 Å². The zero-order valence-electron chi connectivity index (χ0n) is 15.7. The molecule has 24 heavy (non-hydrogen) atoms. The number of nitrogens with zero attached hydrogens (tertiary/aromatic N) is 3. The molecule has 1 aromatic rings. The minimum absolute atomic E-state index is 0.118. The molecule has 6 nitrogen and oxygen atoms in total. The van der Waals surface area contributed by atoms with Crippen LogP contribution < -0.4 is 5.32 Å². The molecule has 0 aliphatic carbocycles. The number of hydrogen-bond donors (Lipinski definition) is 1. The largest absolute Gasteiger partial charge is 0.469 e. The maximum absolute atomic E-state index is 12.3. The van der Waals surface area contributed by atoms with Gasteiger partial charge in [-0.05, 0) is 31.9 Å². The molecular formula is C18H32N4O2. The molecule has 0 spiro atoms. The maximum Gasteiger partial charge on any atom is 0.242 e. The zero-order valence-corrected chi connectivity index (χ0v) is 15.7. The summed E-state index contributed by atoms with van der Waals surface area (Å²) in [4.78, 5) is 20.7. The summed E-state index contributed by atoms with van der Waals surface area (Å²) in [6, 6.07) is 3.85. The fourth-order valence-corrected chi connectivity index (χ4v) is 2.29. The quantitative estimate of drug-likeness (QED) is 0.555. The number of likely N-dealkylation sites (N-methyl/N-ethyl adjacent to an activating group) is 2. The van der Waals surface area contributed by atoms with Crippen molar-refractivity contribution >= 4 is 11.9 Å². The van der Waals surface area contributed by atoms with Crippen molar-refractivity contribution in [2.75, 3.05) is 39.8 Å². The van der Waals surface area contributed by atoms with Crippen LogP contribution in [-0.4, -0.2) is 61.4 Å². The van der Waals surface area contributed by atoms with Gasteiger partial charge in [0, 0.05) is 39.6 Å². The Bertz CT molecular complexity index is 493. The van der Waals surface area contributed by atoms with E-state index in [4.69, 9.17) is 4.42 Å². The van der Waals surface area contributed by atoms with Crippen molar-refractivity contribution in [3.8, 4) is 0 Å². The smallest absolute Gasteiger partial charge is 0.242 e. The van der Waals surface area contributed by atoms with Crippen LogP contribution in [0.5, 0.6) is 0 Å². The number of hydrogen-bond acceptors (Lipinski definition) is 3. The van der Waals surface area contributed by atoms with E-state index in [-0.39, 0.29) is 5.91 Å². The average Bonchev–Trinajstić information content (AvgIpc) is 3.04. The third-order valence-corrected chi connectivity index (χ3v) is 3.69. The van der Waals surface area contributed by atoms with E-state index >= 15 is 0 Å². The molecule has 6 heteroatoms. The molecule has 0 aliphatic rings. The molecule has 0 aromatic carbocycles. The van der Waals surface area contributed by atoms with Crippen LogP contribution in [0.1, 0.15) is 33.5 Å². The molecule has 0 saturated carbocycles. The van der Waals surface area contributed by atoms with Crippen LogP contribution in [0.4, 0.5) is 0 Å². The number of rotatable bonds is 9. The van der Waals surface area contributed by atoms with Gasteiger partial charge in [-0.25, -0.2) is 0 Å². The Morgan fingerprint density at radius 1 is 1.33 bits per heavy atom. The van der Waals surface area contributed by atoms with Gasteiger partial charge in [-0.1, -0.05) is 13.8 Å². The van der Waals surface area contributed by atoms with E-state index in [1.54, 1.807) is 6.26 Å². The molecule has 0 saturated heterocycles. The molecule has 1 aromatic heterocycles. The van der Waals surface area contributed by atoms with Crippen LogP contribution >= 0.6 is 0 Å². The first-order valence-electron chi connectivity index (χ1n) is 8.77. The molecule has 136 valence electrons. The van der Waals surface area contributed by atoms with Gasteiger partial charge in [-0.2, -0.15) is 0 Å². The number of aliphatic imine (C=N–C) groups is 1. The molecule has 0 aliphatic heterocycles. The van der Waals surface area contributed by atoms with Gasteiger partial charge in [-0.15, -0.1) is 0 Å². The van der Waals surface area contributed by atoms with Crippen molar-refractivity contribution in [2.45, 2.75) is 34.1 Å². The predicted molar refractivity (Wildman–Crippen MR) is 98.1 cm³/mol. The molecule has 0 unspecified atom stereocenters. The van der Waals surface area contributed by atoms with Crippen molar-refractivity contribution in [1.82, 2.24) is 15.1 Å². The number of carbonyl (C=O) groups is 1. The molecule has 1 rings (SSSR count). The lowest BCUT2D eigenvalue weighted by Gasteiger charge is -2.26. The summed E-state index contributed by atoms with van der Waals surface area (Å²) in [6.07, 6.45) is 2.46. The fourth-order valence-electron chi connectivity index (χ4n) is 2.29. The highest BCUT2D eigenvalue weighted by molar-refractivity contribution is 5.86. The van der Waals surface area contributed by atoms with E-state index in [9.17, 15) is 4.79 Å². The third-order valence-electron chi connectivity index (χ3n) is 3.69. The average molecular weight is 336 g/mol. The standard InChI is InChI=1S/C18H32N4O2/c1-6-22(7-2)17(23)14-21(5)18(20-13-15(3)4)19-11-10-16-9-8-12-24-16/h8-9,12,15H,6-7,10-11,13-14H2,1-5H3,(H,19,20). The van der Waals surface area contributed by atoms with Gasteiger partial charge in [-0.3, -0.25) is 9.79 Å². The van der Waals surface area contributed by atoms with Gasteiger partial charge in [0.05, 0.1) is 12.8 Å². The Kier molecular flexibility index (Phi) is 8.97. The summed E-state index contributed by atoms with van der Waals surface area (Å²) >= 11 is 0. The highest BCUT2D eigenvalue weighted by atomic mass is 16.3. The number of carbonyl (C=O) groups excluding carboxylic acids is 1. The first-order valence-corrected chi connectivity index (χ1v) is 8.77. The summed E-state index contributed by atoms with van der Waals surface area (Å²) in [5, 5.41) is 3.34. The predicted octanol–water partition coefficient (Wildman–Crippen LogP) is 2.22. The summed E-state index contributed by atoms with van der Waals surface area (Å²) in [6.45, 7) is 11.5. The topological polar surface area (TPSA) is 61.1 Å². The monoisotopic (exact) mass is 336 g/mol. The van der Waals surface area contributed by atoms with E-state index in [2.05, 4.69) is 24.2 Å². The van der Waals surface area contributed by atoms with Crippen molar-refractivity contribution in [3.63, 3.8) is 0 Å². The molecule has 1 N–H and O–H groups in total. The molecule has 1 amide bonds. The molecule has 1 heterocycles. The fraction of sp³-hybridized carbons (Fsp3) is 0.667. The molecule has 0 bridgehead atoms. The summed E-state index contributed by atoms with van der Waals surface area (Å²) < 4.78 is 5.34. The lowest BCUT2D eigenvalue weighted by Crippen LogP contribution is -2.46. The van der Waals surface area contributed by atoms with Gasteiger partial charge in [0.25, 0.3) is 0 Å². The molecule has 0 atom stereocenters. The third kappa shape index (κ3) is 7.06. The summed E-state index contributed by atoms with van der Waals surface area (Å²) in [7, 11) is 1.90. The van der Waals surface area contributed by atoms with E-state index < -0.39 is 0 Å². The first kappa shape index (κ1) is 20.1. The van der Waals surface area contributed by atoms with Crippen molar-refractivity contribution in [1.29, 1.82) is 0 Å². The van der Waals surface area contributed by atoms with Crippen LogP contribution in [0.2, 0.25) is 0 Å². The van der Waals surface area contributed by atoms with Gasteiger partial charge in [0.1, 0.15) is 5.76 Å². The molecule has 0 fully saturated rings. The normalized spacial score (nSPS) is 11.7. The highest BCUT2D eigenvalue weighted by Crippen LogP contribution is 2.01. The zero-order chi connectivity index (χ0) is 17.9. The second-order valence-electron chi connectivity index (χ2n) is 6.24. The second-order valence-corrected chi connectivity index (χ2v) is 6.24. The number of amides is 1. The van der Waals surface area contributed by atoms with Crippen LogP contribution in [0.15, 0.2) is 27.8 Å². The Morgan fingerprint density at radius 2 is 2.04 bits per heavy atom. The number of guanidine groups is 1. The number of nitrogens with one attached hydrogen (secondary N) is 1. The Labute approximate surface area is 145 Å². The maximum atomic E-state index is 12.3. The lowest BCUT2D eigenvalue weighted by atomic mass is 10.2. The first-order chi connectivity index (χ1) is 11.5. The summed E-state index contributed by atoms with van der Waals surface area (Å²) in [5.41, 5.74) is 0. The van der Waals surface area contributed by atoms with E-state index in [1.165, 1.54) is 0 Å². The Morgan fingerprint density at radius 3 is 2.58 bits per heavy atom. The van der Waals surface area contributed by atoms with Gasteiger partial charge < -0.3 is 19.5 Å². The summed E-state index contributed by atoms with van der Waals surface area (Å²) in [5.74, 6) is 2.29. The van der Waals surface area contributed by atoms with Crippen molar-refractivity contribution in [2.24, 2.45) is 10.9 Å². The number of furan rings is 1. The van der Waals surface area contributed by atoms with Crippen LogP contribution in [0.25, 0.3) is 0 Å². The Balaban J connectivity index is 2.62. The van der Waals surface area contributed by atoms with Crippen molar-refractivity contribution < 1.29 is 9.21 Å². The van der Waals surface area contributed by atoms with Gasteiger partial charge in [0.15, 0.2) is 5.96 Å². The molecular weight excluding hydrogens is 304 g/mol. The second kappa shape index (κ2) is 10.7. The van der Waals surface area contributed by atoms with E-state index in [0.29, 0.717) is 19.0 Å². The van der Waals surface area contributed by atoms with Gasteiger partial charge >= 0.3 is 0 Å². The molecule has 0 radical (unpaired) electrons. The SMILES string of the molecule is CCN(CC)C(=O)CN(C)C(=NCC(C)C)NCCc1ccco1. The van der Waals surface area contributed by atoms with Crippen molar-refractivity contribution in [3.05, 3.63) is 24.2 Å². The van der Waals surface area contributed by atoms with Gasteiger partial charge in [0.2, 0.25) is 5.91 Å².